The maximum atomic E-state index is 14.0. The summed E-state index contributed by atoms with van der Waals surface area (Å²) in [6.07, 6.45) is 23.8. The molecule has 0 saturated carbocycles. The van der Waals surface area contributed by atoms with Crippen molar-refractivity contribution >= 4 is 57.4 Å². The summed E-state index contributed by atoms with van der Waals surface area (Å²) < 4.78 is 64.8. The number of hydrogen-bond donors (Lipinski definition) is 3. The minimum atomic E-state index is -0.392. The summed E-state index contributed by atoms with van der Waals surface area (Å²) in [6.45, 7) is 12.0. The Kier molecular flexibility index (Phi) is 14.9. The van der Waals surface area contributed by atoms with Gasteiger partial charge < -0.3 is 44.9 Å². The van der Waals surface area contributed by atoms with Crippen LogP contribution in [-0.2, 0) is 4.79 Å². The van der Waals surface area contributed by atoms with Crippen molar-refractivity contribution in [3.05, 3.63) is 151 Å². The van der Waals surface area contributed by atoms with E-state index in [0.29, 0.717) is 61.6 Å². The molecule has 1 unspecified atom stereocenters. The molecule has 6 bridgehead atoms. The van der Waals surface area contributed by atoms with E-state index in [4.69, 9.17) is 29.2 Å². The smallest absolute Gasteiger partial charge is 0.224 e. The number of aromatic nitrogens is 12. The third-order valence-corrected chi connectivity index (χ3v) is 15.7. The third kappa shape index (κ3) is 11.1. The standard InChI is InChI=1S/2C20H21FN6O.C19H19FN6O2/c2*1-13-4-3-9-28-20-15(10-14(21)11-22-20)17-5-2-7-26(17)18-6-8-27-19(25-18)16(24-13)12-23-27;20-12-9-13-15-3-1-6-25(15)16-5-7-26-18(24-16)14(11-22-26)23-17(27)4-2-8-28-19(13)21-10-12/h2*6,8,10-12,17,24H,1-5,7,9H2;5,7,9-11,15H,1-4,6,8H2,(H,23,27)/t17-;;15-/m1.0/s1. The van der Waals surface area contributed by atoms with Crippen molar-refractivity contribution in [2.45, 2.75) is 95.2 Å². The minimum Gasteiger partial charge on any atom is -0.477 e. The lowest BCUT2D eigenvalue weighted by molar-refractivity contribution is -0.116. The fourth-order valence-electron chi connectivity index (χ4n) is 11.8. The Hall–Kier alpha value is -9.55. The quantitative estimate of drug-likeness (QED) is 0.129. The molecular formula is C59H61F3N18O4. The van der Waals surface area contributed by atoms with Crippen molar-refractivity contribution in [1.82, 2.24) is 58.7 Å². The number of hydrogen-bond acceptors (Lipinski definition) is 18. The molecule has 3 saturated heterocycles. The van der Waals surface area contributed by atoms with Crippen LogP contribution in [0.2, 0.25) is 0 Å². The number of rotatable bonds is 0. The van der Waals surface area contributed by atoms with Crippen LogP contribution in [0.1, 0.15) is 112 Å². The van der Waals surface area contributed by atoms with Crippen LogP contribution in [0, 0.1) is 17.5 Å². The molecule has 22 nitrogen and oxygen atoms in total. The van der Waals surface area contributed by atoms with Crippen molar-refractivity contribution in [3.63, 3.8) is 0 Å². The summed E-state index contributed by atoms with van der Waals surface area (Å²) in [7, 11) is 0. The Morgan fingerprint density at radius 3 is 1.18 bits per heavy atom. The van der Waals surface area contributed by atoms with Gasteiger partial charge in [0.1, 0.15) is 52.0 Å². The number of nitrogens with zero attached hydrogens (tertiary/aromatic N) is 15. The van der Waals surface area contributed by atoms with Crippen LogP contribution in [-0.4, -0.2) is 104 Å². The van der Waals surface area contributed by atoms with Gasteiger partial charge in [0.05, 0.1) is 75.1 Å². The zero-order chi connectivity index (χ0) is 57.3. The molecule has 0 spiro atoms. The molecule has 3 N–H and O–H groups in total. The monoisotopic (exact) mass is 1140 g/mol. The highest BCUT2D eigenvalue weighted by atomic mass is 19.1. The van der Waals surface area contributed by atoms with E-state index in [2.05, 4.69) is 74.1 Å². The van der Waals surface area contributed by atoms with Crippen molar-refractivity contribution in [3.8, 4) is 17.6 Å². The Balaban J connectivity index is 0.000000118. The molecule has 9 aromatic heterocycles. The summed E-state index contributed by atoms with van der Waals surface area (Å²) in [5, 5.41) is 22.5. The number of anilines is 6. The van der Waals surface area contributed by atoms with Gasteiger partial charge in [-0.1, -0.05) is 13.2 Å². The molecule has 3 fully saturated rings. The van der Waals surface area contributed by atoms with E-state index in [9.17, 15) is 18.0 Å². The topological polar surface area (TPSA) is 220 Å². The van der Waals surface area contributed by atoms with Crippen molar-refractivity contribution in [2.24, 2.45) is 0 Å². The zero-order valence-electron chi connectivity index (χ0n) is 46.0. The van der Waals surface area contributed by atoms with E-state index < -0.39 is 5.82 Å². The molecule has 6 aliphatic heterocycles. The second kappa shape index (κ2) is 23.4. The van der Waals surface area contributed by atoms with Crippen LogP contribution in [0.15, 0.2) is 117 Å². The predicted octanol–water partition coefficient (Wildman–Crippen LogP) is 10.1. The van der Waals surface area contributed by atoms with Gasteiger partial charge in [-0.05, 0) is 107 Å². The van der Waals surface area contributed by atoms with Crippen LogP contribution in [0.25, 0.3) is 16.9 Å². The molecule has 3 atom stereocenters. The highest BCUT2D eigenvalue weighted by molar-refractivity contribution is 5.94. The molecule has 15 rings (SSSR count). The molecule has 0 aliphatic carbocycles. The highest BCUT2D eigenvalue weighted by Gasteiger charge is 2.34. The first kappa shape index (κ1) is 53.7. The van der Waals surface area contributed by atoms with Gasteiger partial charge >= 0.3 is 0 Å². The van der Waals surface area contributed by atoms with Gasteiger partial charge in [0.15, 0.2) is 16.9 Å². The fraction of sp³-hybridized carbons (Fsp3) is 0.356. The SMILES string of the molecule is C=C1CCCOc2ncc(F)cc2C2CCCN2c2ccn3ncc(c3n2)N1.C=C1CCCOc2ncc(F)cc2[C@H]2CCCN2c2ccn3ncc(c3n2)N1.O=C1CCCOc2ncc(F)cc2[C@@H]2CCCN2c2ccn3ncc(c3n2)N1. The Labute approximate surface area is 480 Å². The van der Waals surface area contributed by atoms with E-state index in [0.717, 1.165) is 158 Å². The molecule has 25 heteroatoms. The van der Waals surface area contributed by atoms with E-state index in [1.165, 1.54) is 18.5 Å². The number of nitrogens with one attached hydrogen (secondary N) is 3. The zero-order valence-corrected chi connectivity index (χ0v) is 46.0. The second-order valence-corrected chi connectivity index (χ2v) is 21.4. The van der Waals surface area contributed by atoms with Crippen LogP contribution in [0.3, 0.4) is 0 Å². The van der Waals surface area contributed by atoms with Gasteiger partial charge in [0.2, 0.25) is 23.5 Å². The van der Waals surface area contributed by atoms with Gasteiger partial charge in [0.25, 0.3) is 0 Å². The molecule has 0 aromatic carbocycles. The van der Waals surface area contributed by atoms with Crippen LogP contribution >= 0.6 is 0 Å². The van der Waals surface area contributed by atoms with Gasteiger partial charge in [-0.15, -0.1) is 0 Å². The lowest BCUT2D eigenvalue weighted by atomic mass is 10.1. The molecule has 15 heterocycles. The molecule has 0 radical (unpaired) electrons. The summed E-state index contributed by atoms with van der Waals surface area (Å²) >= 11 is 0. The van der Waals surface area contributed by atoms with Crippen molar-refractivity contribution in [2.75, 3.05) is 70.1 Å². The molecule has 432 valence electrons. The molecule has 6 aliphatic rings. The van der Waals surface area contributed by atoms with E-state index in [1.54, 1.807) is 44.3 Å². The Morgan fingerprint density at radius 1 is 0.464 bits per heavy atom. The van der Waals surface area contributed by atoms with Crippen LogP contribution < -0.4 is 44.9 Å². The maximum absolute atomic E-state index is 14.0. The van der Waals surface area contributed by atoms with Gasteiger partial charge in [-0.3, -0.25) is 4.79 Å². The second-order valence-electron chi connectivity index (χ2n) is 21.4. The lowest BCUT2D eigenvalue weighted by Crippen LogP contribution is -2.25. The summed E-state index contributed by atoms with van der Waals surface area (Å²) in [4.78, 5) is 45.8. The third-order valence-electron chi connectivity index (χ3n) is 15.7. The predicted molar refractivity (Wildman–Crippen MR) is 308 cm³/mol. The van der Waals surface area contributed by atoms with E-state index in [-0.39, 0.29) is 35.7 Å². The maximum Gasteiger partial charge on any atom is 0.224 e. The fourth-order valence-corrected chi connectivity index (χ4v) is 11.8. The summed E-state index contributed by atoms with van der Waals surface area (Å²) in [5.41, 5.74) is 8.32. The number of carbonyl (C=O) groups excluding carboxylic acids is 1. The summed E-state index contributed by atoms with van der Waals surface area (Å²) in [6, 6.07) is 10.2. The van der Waals surface area contributed by atoms with Crippen LogP contribution in [0.4, 0.5) is 47.7 Å². The lowest BCUT2D eigenvalue weighted by Gasteiger charge is -2.27. The number of halogens is 3. The van der Waals surface area contributed by atoms with Crippen LogP contribution in [0.5, 0.6) is 17.6 Å². The van der Waals surface area contributed by atoms with E-state index >= 15 is 0 Å². The normalized spacial score (nSPS) is 19.7. The number of allylic oxidation sites excluding steroid dienone is 2. The van der Waals surface area contributed by atoms with Gasteiger partial charge in [-0.2, -0.15) is 15.3 Å². The number of fused-ring (bicyclic) bond motifs is 15. The number of pyridine rings is 3. The number of ether oxygens (including phenoxy) is 3. The highest BCUT2D eigenvalue weighted by Crippen LogP contribution is 2.43. The minimum absolute atomic E-state index is 0.0228. The number of carbonyl (C=O) groups is 1. The van der Waals surface area contributed by atoms with E-state index in [1.807, 2.05) is 36.8 Å². The number of amides is 1. The van der Waals surface area contributed by atoms with Crippen molar-refractivity contribution in [1.29, 1.82) is 0 Å². The average molecular weight is 1140 g/mol. The first-order valence-corrected chi connectivity index (χ1v) is 28.4. The molecule has 9 aromatic rings. The largest absolute Gasteiger partial charge is 0.477 e. The van der Waals surface area contributed by atoms with Gasteiger partial charge in [0, 0.05) is 72.7 Å². The Morgan fingerprint density at radius 2 is 0.810 bits per heavy atom. The summed E-state index contributed by atoms with van der Waals surface area (Å²) in [5.74, 6) is 2.60. The van der Waals surface area contributed by atoms with Gasteiger partial charge in [-0.25, -0.2) is 56.6 Å². The van der Waals surface area contributed by atoms with Crippen molar-refractivity contribution < 1.29 is 32.2 Å². The molecular weight excluding hydrogens is 1080 g/mol. The Bertz CT molecular complexity index is 3550. The molecule has 84 heavy (non-hydrogen) atoms. The first-order valence-electron chi connectivity index (χ1n) is 28.4. The molecule has 1 amide bonds. The first-order chi connectivity index (χ1) is 41.1. The average Bonchev–Trinajstić information content (AvgIpc) is 4.57.